The summed E-state index contributed by atoms with van der Waals surface area (Å²) < 4.78 is 32.8. The Kier molecular flexibility index (Phi) is 4.71. The van der Waals surface area contributed by atoms with E-state index in [2.05, 4.69) is 0 Å². The Balaban J connectivity index is 2.60. The molecule has 0 bridgehead atoms. The van der Waals surface area contributed by atoms with Crippen LogP contribution in [0.25, 0.3) is 0 Å². The van der Waals surface area contributed by atoms with Crippen LogP contribution in [0.2, 0.25) is 0 Å². The van der Waals surface area contributed by atoms with Crippen LogP contribution in [0.4, 0.5) is 0 Å². The molecule has 0 amide bonds. The first-order valence-electron chi connectivity index (χ1n) is 4.96. The van der Waals surface area contributed by atoms with E-state index in [1.165, 1.54) is 19.2 Å². The average Bonchev–Trinajstić information content (AvgIpc) is 2.65. The van der Waals surface area contributed by atoms with Crippen LogP contribution >= 0.6 is 0 Å². The third kappa shape index (κ3) is 4.58. The highest BCUT2D eigenvalue weighted by atomic mass is 32.2. The molecule has 1 aromatic heterocycles. The zero-order valence-electron chi connectivity index (χ0n) is 9.38. The zero-order chi connectivity index (χ0) is 12.9. The van der Waals surface area contributed by atoms with Crippen molar-refractivity contribution in [1.29, 1.82) is 0 Å². The van der Waals surface area contributed by atoms with Gasteiger partial charge in [0.25, 0.3) is 0 Å². The van der Waals surface area contributed by atoms with Crippen molar-refractivity contribution in [3.63, 3.8) is 0 Å². The molecule has 17 heavy (non-hydrogen) atoms. The van der Waals surface area contributed by atoms with Crippen LogP contribution in [-0.2, 0) is 20.3 Å². The predicted octanol–water partition coefficient (Wildman–Crippen LogP) is 0.929. The molecule has 0 atom stereocenters. The number of carboxylic acids is 1. The normalized spacial score (nSPS) is 11.6. The lowest BCUT2D eigenvalue weighted by atomic mass is 10.4. The van der Waals surface area contributed by atoms with E-state index < -0.39 is 15.8 Å². The van der Waals surface area contributed by atoms with Crippen molar-refractivity contribution < 1.29 is 27.5 Å². The summed E-state index contributed by atoms with van der Waals surface area (Å²) in [7, 11) is -1.79. The van der Waals surface area contributed by atoms with E-state index in [1.54, 1.807) is 0 Å². The highest BCUT2D eigenvalue weighted by Crippen LogP contribution is 2.12. The number of carboxylic acid groups (broad SMARTS) is 1. The number of carbonyl (C=O) groups is 1. The largest absolute Gasteiger partial charge is 0.475 e. The van der Waals surface area contributed by atoms with Gasteiger partial charge in [0.15, 0.2) is 9.84 Å². The number of hydrogen-bond acceptors (Lipinski definition) is 5. The second-order valence-electron chi connectivity index (χ2n) is 3.51. The SMILES string of the molecule is COCCCS(=O)(=O)Cc1ccc(C(=O)O)o1. The molecule has 0 spiro atoms. The van der Waals surface area contributed by atoms with Gasteiger partial charge in [-0.05, 0) is 18.6 Å². The summed E-state index contributed by atoms with van der Waals surface area (Å²) in [5.41, 5.74) is 0. The van der Waals surface area contributed by atoms with E-state index in [0.29, 0.717) is 13.0 Å². The molecule has 6 nitrogen and oxygen atoms in total. The summed E-state index contributed by atoms with van der Waals surface area (Å²) in [5.74, 6) is -1.63. The van der Waals surface area contributed by atoms with Gasteiger partial charge in [0, 0.05) is 13.7 Å². The minimum atomic E-state index is -3.29. The molecule has 1 rings (SSSR count). The summed E-state index contributed by atoms with van der Waals surface area (Å²) in [4.78, 5) is 10.5. The van der Waals surface area contributed by atoms with E-state index in [4.69, 9.17) is 14.3 Å². The number of sulfone groups is 1. The molecule has 96 valence electrons. The lowest BCUT2D eigenvalue weighted by molar-refractivity contribution is 0.0660. The molecule has 0 radical (unpaired) electrons. The molecule has 0 saturated carbocycles. The molecule has 1 aromatic rings. The number of ether oxygens (including phenoxy) is 1. The minimum Gasteiger partial charge on any atom is -0.475 e. The van der Waals surface area contributed by atoms with Gasteiger partial charge in [0.05, 0.1) is 5.75 Å². The molecule has 1 N–H and O–H groups in total. The van der Waals surface area contributed by atoms with Crippen molar-refractivity contribution >= 4 is 15.8 Å². The quantitative estimate of drug-likeness (QED) is 0.734. The highest BCUT2D eigenvalue weighted by Gasteiger charge is 2.16. The number of aromatic carboxylic acids is 1. The second kappa shape index (κ2) is 5.83. The van der Waals surface area contributed by atoms with E-state index >= 15 is 0 Å². The maximum Gasteiger partial charge on any atom is 0.371 e. The molecule has 0 saturated heterocycles. The van der Waals surface area contributed by atoms with E-state index in [0.717, 1.165) is 0 Å². The Bertz CT molecular complexity index is 473. The van der Waals surface area contributed by atoms with E-state index in [9.17, 15) is 13.2 Å². The molecule has 0 aliphatic carbocycles. The fourth-order valence-electron chi connectivity index (χ4n) is 1.28. The van der Waals surface area contributed by atoms with Gasteiger partial charge in [-0.2, -0.15) is 0 Å². The van der Waals surface area contributed by atoms with Crippen LogP contribution in [0.1, 0.15) is 22.7 Å². The van der Waals surface area contributed by atoms with Gasteiger partial charge < -0.3 is 14.3 Å². The smallest absolute Gasteiger partial charge is 0.371 e. The van der Waals surface area contributed by atoms with Gasteiger partial charge in [-0.1, -0.05) is 0 Å². The van der Waals surface area contributed by atoms with Crippen molar-refractivity contribution in [2.24, 2.45) is 0 Å². The van der Waals surface area contributed by atoms with Crippen LogP contribution in [0.15, 0.2) is 16.5 Å². The van der Waals surface area contributed by atoms with Crippen LogP contribution in [0.5, 0.6) is 0 Å². The lowest BCUT2D eigenvalue weighted by Gasteiger charge is -2.01. The van der Waals surface area contributed by atoms with Gasteiger partial charge in [0.1, 0.15) is 11.5 Å². The molecular weight excluding hydrogens is 248 g/mol. The number of methoxy groups -OCH3 is 1. The van der Waals surface area contributed by atoms with Crippen molar-refractivity contribution in [1.82, 2.24) is 0 Å². The Morgan fingerprint density at radius 1 is 1.47 bits per heavy atom. The summed E-state index contributed by atoms with van der Waals surface area (Å²) >= 11 is 0. The zero-order valence-corrected chi connectivity index (χ0v) is 10.2. The standard InChI is InChI=1S/C10H14O6S/c1-15-5-2-6-17(13,14)7-8-3-4-9(16-8)10(11)12/h3-4H,2,5-7H2,1H3,(H,11,12). The third-order valence-electron chi connectivity index (χ3n) is 2.04. The van der Waals surface area contributed by atoms with Gasteiger partial charge in [0.2, 0.25) is 5.76 Å². The summed E-state index contributed by atoms with van der Waals surface area (Å²) in [6, 6.07) is 2.60. The topological polar surface area (TPSA) is 93.8 Å². The summed E-state index contributed by atoms with van der Waals surface area (Å²) in [6.45, 7) is 0.373. The van der Waals surface area contributed by atoms with Crippen molar-refractivity contribution in [3.8, 4) is 0 Å². The third-order valence-corrected chi connectivity index (χ3v) is 3.67. The molecule has 0 fully saturated rings. The molecule has 0 aliphatic heterocycles. The molecular formula is C10H14O6S. The summed E-state index contributed by atoms with van der Waals surface area (Å²) in [5, 5.41) is 8.61. The van der Waals surface area contributed by atoms with E-state index in [1.807, 2.05) is 0 Å². The molecule has 0 aromatic carbocycles. The highest BCUT2D eigenvalue weighted by molar-refractivity contribution is 7.90. The number of hydrogen-bond donors (Lipinski definition) is 1. The average molecular weight is 262 g/mol. The Morgan fingerprint density at radius 3 is 2.71 bits per heavy atom. The van der Waals surface area contributed by atoms with Crippen LogP contribution in [0.3, 0.4) is 0 Å². The first kappa shape index (κ1) is 13.7. The molecule has 0 aliphatic rings. The van der Waals surface area contributed by atoms with Gasteiger partial charge in [-0.15, -0.1) is 0 Å². The molecule has 0 unspecified atom stereocenters. The maximum absolute atomic E-state index is 11.6. The first-order chi connectivity index (χ1) is 7.94. The maximum atomic E-state index is 11.6. The first-order valence-corrected chi connectivity index (χ1v) is 6.78. The fourth-order valence-corrected chi connectivity index (χ4v) is 2.57. The molecule has 1 heterocycles. The Morgan fingerprint density at radius 2 is 2.18 bits per heavy atom. The Labute approximate surface area is 99.1 Å². The number of furan rings is 1. The minimum absolute atomic E-state index is 0.00998. The molecule has 7 heteroatoms. The van der Waals surface area contributed by atoms with Crippen molar-refractivity contribution in [2.45, 2.75) is 12.2 Å². The van der Waals surface area contributed by atoms with Gasteiger partial charge in [-0.3, -0.25) is 0 Å². The lowest BCUT2D eigenvalue weighted by Crippen LogP contribution is -2.10. The van der Waals surface area contributed by atoms with Crippen molar-refractivity contribution in [3.05, 3.63) is 23.7 Å². The van der Waals surface area contributed by atoms with E-state index in [-0.39, 0.29) is 23.0 Å². The van der Waals surface area contributed by atoms with Crippen LogP contribution in [-0.4, -0.2) is 39.0 Å². The fraction of sp³-hybridized carbons (Fsp3) is 0.500. The summed E-state index contributed by atoms with van der Waals surface area (Å²) in [6.07, 6.45) is 0.408. The van der Waals surface area contributed by atoms with Gasteiger partial charge >= 0.3 is 5.97 Å². The van der Waals surface area contributed by atoms with Crippen LogP contribution < -0.4 is 0 Å². The number of rotatable bonds is 7. The predicted molar refractivity (Wildman–Crippen MR) is 59.7 cm³/mol. The Hall–Kier alpha value is -1.34. The van der Waals surface area contributed by atoms with Crippen LogP contribution in [0, 0.1) is 0 Å². The monoisotopic (exact) mass is 262 g/mol. The second-order valence-corrected chi connectivity index (χ2v) is 5.69. The van der Waals surface area contributed by atoms with Crippen molar-refractivity contribution in [2.75, 3.05) is 19.5 Å². The van der Waals surface area contributed by atoms with Gasteiger partial charge in [-0.25, -0.2) is 13.2 Å².